The molecule has 32 heavy (non-hydrogen) atoms. The van der Waals surface area contributed by atoms with E-state index >= 15 is 0 Å². The van der Waals surface area contributed by atoms with Gasteiger partial charge in [-0.05, 0) is 42.5 Å². The lowest BCUT2D eigenvalue weighted by Gasteiger charge is -2.22. The number of carbonyl (C=O) groups excluding carboxylic acids is 2. The number of hydrogen-bond acceptors (Lipinski definition) is 3. The second-order valence-electron chi connectivity index (χ2n) is 8.50. The summed E-state index contributed by atoms with van der Waals surface area (Å²) in [5, 5.41) is 3.44. The van der Waals surface area contributed by atoms with Gasteiger partial charge in [0.2, 0.25) is 5.91 Å². The van der Waals surface area contributed by atoms with Gasteiger partial charge in [0, 0.05) is 55.9 Å². The number of hydrogen-bond donors (Lipinski definition) is 1. The molecule has 2 aliphatic rings. The third-order valence-electron chi connectivity index (χ3n) is 6.20. The Bertz CT molecular complexity index is 1050. The maximum atomic E-state index is 14.0. The first-order valence-electron chi connectivity index (χ1n) is 10.4. The van der Waals surface area contributed by atoms with Crippen LogP contribution in [0.25, 0.3) is 0 Å². The van der Waals surface area contributed by atoms with Gasteiger partial charge in [-0.2, -0.15) is 0 Å². The zero-order valence-electron chi connectivity index (χ0n) is 17.5. The van der Waals surface area contributed by atoms with Crippen LogP contribution in [0.5, 0.6) is 0 Å². The molecular weight excluding hydrogens is 443 g/mol. The SMILES string of the molecule is Cc1ccc(NC(=O)CCN2CC3CN(C(=O)c4cc(F)c(F)cc4F)CC3C2)cc1Cl. The van der Waals surface area contributed by atoms with Crippen molar-refractivity contribution in [1.82, 2.24) is 9.80 Å². The Kier molecular flexibility index (Phi) is 6.44. The molecule has 2 heterocycles. The largest absolute Gasteiger partial charge is 0.338 e. The Morgan fingerprint density at radius 2 is 1.66 bits per heavy atom. The zero-order chi connectivity index (χ0) is 23.0. The third kappa shape index (κ3) is 4.76. The van der Waals surface area contributed by atoms with Crippen molar-refractivity contribution in [1.29, 1.82) is 0 Å². The van der Waals surface area contributed by atoms with Gasteiger partial charge in [0.25, 0.3) is 5.91 Å². The number of rotatable bonds is 5. The normalized spacial score (nSPS) is 20.5. The number of likely N-dealkylation sites (tertiary alicyclic amines) is 2. The number of aryl methyl sites for hydroxylation is 1. The van der Waals surface area contributed by atoms with Gasteiger partial charge < -0.3 is 15.1 Å². The van der Waals surface area contributed by atoms with Crippen molar-refractivity contribution in [2.24, 2.45) is 11.8 Å². The van der Waals surface area contributed by atoms with Crippen LogP contribution < -0.4 is 5.32 Å². The first-order chi connectivity index (χ1) is 15.2. The van der Waals surface area contributed by atoms with Gasteiger partial charge in [-0.15, -0.1) is 0 Å². The van der Waals surface area contributed by atoms with Crippen molar-refractivity contribution in [2.75, 3.05) is 38.0 Å². The summed E-state index contributed by atoms with van der Waals surface area (Å²) in [6.07, 6.45) is 0.327. The number of amides is 2. The molecular formula is C23H23ClF3N3O2. The molecule has 0 bridgehead atoms. The predicted molar refractivity (Wildman–Crippen MR) is 115 cm³/mol. The fourth-order valence-electron chi connectivity index (χ4n) is 4.45. The lowest BCUT2D eigenvalue weighted by Crippen LogP contribution is -2.34. The summed E-state index contributed by atoms with van der Waals surface area (Å²) >= 11 is 6.09. The van der Waals surface area contributed by atoms with Gasteiger partial charge in [0.15, 0.2) is 11.6 Å². The monoisotopic (exact) mass is 465 g/mol. The lowest BCUT2D eigenvalue weighted by molar-refractivity contribution is -0.116. The summed E-state index contributed by atoms with van der Waals surface area (Å²) in [5.74, 6) is -3.95. The summed E-state index contributed by atoms with van der Waals surface area (Å²) in [5.41, 5.74) is 1.14. The highest BCUT2D eigenvalue weighted by Crippen LogP contribution is 2.32. The van der Waals surface area contributed by atoms with Gasteiger partial charge in [0.1, 0.15) is 5.82 Å². The highest BCUT2D eigenvalue weighted by Gasteiger charge is 2.42. The molecule has 2 saturated heterocycles. The van der Waals surface area contributed by atoms with Gasteiger partial charge in [-0.1, -0.05) is 17.7 Å². The van der Waals surface area contributed by atoms with E-state index in [9.17, 15) is 22.8 Å². The molecule has 2 aliphatic heterocycles. The molecule has 2 atom stereocenters. The maximum Gasteiger partial charge on any atom is 0.256 e. The molecule has 5 nitrogen and oxygen atoms in total. The van der Waals surface area contributed by atoms with Crippen LogP contribution in [-0.2, 0) is 4.79 Å². The molecule has 170 valence electrons. The number of benzene rings is 2. The Morgan fingerprint density at radius 3 is 2.31 bits per heavy atom. The predicted octanol–water partition coefficient (Wildman–Crippen LogP) is 4.10. The van der Waals surface area contributed by atoms with Crippen molar-refractivity contribution in [3.05, 3.63) is 63.9 Å². The van der Waals surface area contributed by atoms with Crippen molar-refractivity contribution >= 4 is 29.1 Å². The summed E-state index contributed by atoms with van der Waals surface area (Å²) in [6, 6.07) is 6.39. The first kappa shape index (κ1) is 22.6. The first-order valence-corrected chi connectivity index (χ1v) is 10.8. The molecule has 0 aromatic heterocycles. The summed E-state index contributed by atoms with van der Waals surface area (Å²) in [4.78, 5) is 28.5. The number of halogens is 4. The van der Waals surface area contributed by atoms with Gasteiger partial charge in [0.05, 0.1) is 5.56 Å². The number of carbonyl (C=O) groups is 2. The number of fused-ring (bicyclic) bond motifs is 1. The Labute approximate surface area is 189 Å². The number of nitrogens with zero attached hydrogens (tertiary/aromatic N) is 2. The number of nitrogens with one attached hydrogen (secondary N) is 1. The molecule has 2 aromatic rings. The second kappa shape index (κ2) is 9.11. The fourth-order valence-corrected chi connectivity index (χ4v) is 4.63. The molecule has 2 fully saturated rings. The van der Waals surface area contributed by atoms with Gasteiger partial charge in [-0.3, -0.25) is 9.59 Å². The molecule has 0 spiro atoms. The Hall–Kier alpha value is -2.58. The van der Waals surface area contributed by atoms with E-state index in [1.807, 2.05) is 13.0 Å². The third-order valence-corrected chi connectivity index (χ3v) is 6.61. The van der Waals surface area contributed by atoms with Crippen LogP contribution in [-0.4, -0.2) is 54.3 Å². The van der Waals surface area contributed by atoms with Gasteiger partial charge in [-0.25, -0.2) is 13.2 Å². The second-order valence-corrected chi connectivity index (χ2v) is 8.91. The quantitative estimate of drug-likeness (QED) is 0.676. The smallest absolute Gasteiger partial charge is 0.256 e. The van der Waals surface area contributed by atoms with Crippen molar-refractivity contribution in [2.45, 2.75) is 13.3 Å². The van der Waals surface area contributed by atoms with Crippen LogP contribution in [0.3, 0.4) is 0 Å². The Morgan fingerprint density at radius 1 is 1.00 bits per heavy atom. The topological polar surface area (TPSA) is 52.7 Å². The minimum absolute atomic E-state index is 0.104. The van der Waals surface area contributed by atoms with Crippen LogP contribution in [0.4, 0.5) is 18.9 Å². The van der Waals surface area contributed by atoms with E-state index in [0.717, 1.165) is 18.7 Å². The van der Waals surface area contributed by atoms with E-state index in [1.165, 1.54) is 4.90 Å². The average molecular weight is 466 g/mol. The van der Waals surface area contributed by atoms with E-state index in [1.54, 1.807) is 12.1 Å². The van der Waals surface area contributed by atoms with E-state index in [0.29, 0.717) is 48.9 Å². The van der Waals surface area contributed by atoms with Gasteiger partial charge >= 0.3 is 0 Å². The average Bonchev–Trinajstić information content (AvgIpc) is 3.30. The van der Waals surface area contributed by atoms with E-state index in [-0.39, 0.29) is 17.7 Å². The molecule has 1 N–H and O–H groups in total. The van der Waals surface area contributed by atoms with Crippen LogP contribution in [0.2, 0.25) is 5.02 Å². The molecule has 9 heteroatoms. The fraction of sp³-hybridized carbons (Fsp3) is 0.391. The van der Waals surface area contributed by atoms with Crippen molar-refractivity contribution < 1.29 is 22.8 Å². The minimum Gasteiger partial charge on any atom is -0.338 e. The molecule has 0 saturated carbocycles. The van der Waals surface area contributed by atoms with Crippen molar-refractivity contribution in [3.63, 3.8) is 0 Å². The lowest BCUT2D eigenvalue weighted by atomic mass is 10.0. The highest BCUT2D eigenvalue weighted by atomic mass is 35.5. The summed E-state index contributed by atoms with van der Waals surface area (Å²) < 4.78 is 40.5. The standard InChI is InChI=1S/C23H23ClF3N3O2/c1-13-2-3-16(6-18(13)24)28-22(31)4-5-29-9-14-11-30(12-15(14)10-29)23(32)17-7-20(26)21(27)8-19(17)25/h2-3,6-8,14-15H,4-5,9-12H2,1H3,(H,28,31). The highest BCUT2D eigenvalue weighted by molar-refractivity contribution is 6.31. The molecule has 2 amide bonds. The minimum atomic E-state index is -1.32. The molecule has 0 aliphatic carbocycles. The molecule has 4 rings (SSSR count). The number of anilines is 1. The molecule has 2 aromatic carbocycles. The van der Waals surface area contributed by atoms with Crippen LogP contribution in [0, 0.1) is 36.2 Å². The van der Waals surface area contributed by atoms with E-state index in [4.69, 9.17) is 11.6 Å². The van der Waals surface area contributed by atoms with Crippen molar-refractivity contribution in [3.8, 4) is 0 Å². The summed E-state index contributed by atoms with van der Waals surface area (Å²) in [7, 11) is 0. The maximum absolute atomic E-state index is 14.0. The Balaban J connectivity index is 1.27. The van der Waals surface area contributed by atoms with Crippen LogP contribution in [0.15, 0.2) is 30.3 Å². The van der Waals surface area contributed by atoms with Crippen LogP contribution >= 0.6 is 11.6 Å². The van der Waals surface area contributed by atoms with E-state index < -0.39 is 28.9 Å². The molecule has 0 radical (unpaired) electrons. The molecule has 2 unspecified atom stereocenters. The van der Waals surface area contributed by atoms with E-state index in [2.05, 4.69) is 10.2 Å². The van der Waals surface area contributed by atoms with Crippen LogP contribution in [0.1, 0.15) is 22.3 Å². The summed E-state index contributed by atoms with van der Waals surface area (Å²) in [6.45, 7) is 4.77. The zero-order valence-corrected chi connectivity index (χ0v) is 18.3.